The predicted octanol–water partition coefficient (Wildman–Crippen LogP) is 2.44. The second kappa shape index (κ2) is 3.85. The van der Waals surface area contributed by atoms with Crippen molar-refractivity contribution in [1.29, 1.82) is 0 Å². The lowest BCUT2D eigenvalue weighted by molar-refractivity contribution is -0.122. The molecule has 0 N–H and O–H groups in total. The SMILES string of the molecule is CC1COc2ccc(Br)cc2N(C)C1=O. The quantitative estimate of drug-likeness (QED) is 0.724. The second-order valence-corrected chi connectivity index (χ2v) is 4.64. The molecule has 1 aliphatic rings. The fourth-order valence-electron chi connectivity index (χ4n) is 1.61. The van der Waals surface area contributed by atoms with Gasteiger partial charge in [0.2, 0.25) is 5.91 Å². The number of rotatable bonds is 0. The zero-order chi connectivity index (χ0) is 11.0. The average Bonchev–Trinajstić information content (AvgIpc) is 2.32. The summed E-state index contributed by atoms with van der Waals surface area (Å²) in [5.74, 6) is 0.756. The van der Waals surface area contributed by atoms with Gasteiger partial charge in [-0.25, -0.2) is 0 Å². The highest BCUT2D eigenvalue weighted by Gasteiger charge is 2.25. The van der Waals surface area contributed by atoms with Crippen LogP contribution < -0.4 is 9.64 Å². The first kappa shape index (κ1) is 10.5. The topological polar surface area (TPSA) is 29.5 Å². The van der Waals surface area contributed by atoms with Crippen LogP contribution in [0, 0.1) is 5.92 Å². The van der Waals surface area contributed by atoms with Gasteiger partial charge in [-0.3, -0.25) is 4.79 Å². The van der Waals surface area contributed by atoms with E-state index in [4.69, 9.17) is 4.74 Å². The standard InChI is InChI=1S/C11H12BrNO2/c1-7-6-15-10-4-3-8(12)5-9(10)13(2)11(7)14/h3-5,7H,6H2,1-2H3. The largest absolute Gasteiger partial charge is 0.491 e. The summed E-state index contributed by atoms with van der Waals surface area (Å²) >= 11 is 3.38. The molecule has 0 spiro atoms. The Bertz CT molecular complexity index is 406. The molecular formula is C11H12BrNO2. The third-order valence-corrected chi connectivity index (χ3v) is 3.02. The van der Waals surface area contributed by atoms with Crippen molar-refractivity contribution in [3.8, 4) is 5.75 Å². The van der Waals surface area contributed by atoms with E-state index in [-0.39, 0.29) is 11.8 Å². The van der Waals surface area contributed by atoms with E-state index >= 15 is 0 Å². The zero-order valence-electron chi connectivity index (χ0n) is 8.66. The number of fused-ring (bicyclic) bond motifs is 1. The van der Waals surface area contributed by atoms with Gasteiger partial charge in [-0.15, -0.1) is 0 Å². The highest BCUT2D eigenvalue weighted by atomic mass is 79.9. The molecule has 1 heterocycles. The Morgan fingerprint density at radius 2 is 2.27 bits per heavy atom. The van der Waals surface area contributed by atoms with Crippen LogP contribution in [0.3, 0.4) is 0 Å². The van der Waals surface area contributed by atoms with E-state index in [1.165, 1.54) is 0 Å². The van der Waals surface area contributed by atoms with Gasteiger partial charge in [-0.05, 0) is 18.2 Å². The molecule has 0 aliphatic carbocycles. The Labute approximate surface area is 97.2 Å². The van der Waals surface area contributed by atoms with Crippen LogP contribution in [0.4, 0.5) is 5.69 Å². The Morgan fingerprint density at radius 3 is 3.00 bits per heavy atom. The molecule has 0 saturated carbocycles. The van der Waals surface area contributed by atoms with E-state index in [1.54, 1.807) is 11.9 Å². The summed E-state index contributed by atoms with van der Waals surface area (Å²) in [4.78, 5) is 13.5. The number of benzene rings is 1. The molecule has 15 heavy (non-hydrogen) atoms. The molecule has 1 atom stereocenters. The summed E-state index contributed by atoms with van der Waals surface area (Å²) in [5.41, 5.74) is 0.818. The molecule has 1 amide bonds. The molecule has 0 saturated heterocycles. The van der Waals surface area contributed by atoms with E-state index in [9.17, 15) is 4.79 Å². The Morgan fingerprint density at radius 1 is 1.53 bits per heavy atom. The fraction of sp³-hybridized carbons (Fsp3) is 0.364. The van der Waals surface area contributed by atoms with Crippen LogP contribution in [-0.4, -0.2) is 19.6 Å². The van der Waals surface area contributed by atoms with Crippen molar-refractivity contribution < 1.29 is 9.53 Å². The van der Waals surface area contributed by atoms with Crippen molar-refractivity contribution in [3.63, 3.8) is 0 Å². The highest BCUT2D eigenvalue weighted by Crippen LogP contribution is 2.33. The van der Waals surface area contributed by atoms with Crippen molar-refractivity contribution in [2.24, 2.45) is 5.92 Å². The van der Waals surface area contributed by atoms with Gasteiger partial charge < -0.3 is 9.64 Å². The number of carbonyl (C=O) groups excluding carboxylic acids is 1. The second-order valence-electron chi connectivity index (χ2n) is 3.72. The van der Waals surface area contributed by atoms with E-state index in [2.05, 4.69) is 15.9 Å². The van der Waals surface area contributed by atoms with E-state index in [1.807, 2.05) is 25.1 Å². The molecule has 1 aromatic rings. The summed E-state index contributed by atoms with van der Waals surface area (Å²) < 4.78 is 6.52. The minimum atomic E-state index is -0.0961. The molecule has 0 radical (unpaired) electrons. The van der Waals surface area contributed by atoms with E-state index in [0.29, 0.717) is 6.61 Å². The molecule has 3 nitrogen and oxygen atoms in total. The van der Waals surface area contributed by atoms with Crippen LogP contribution in [0.15, 0.2) is 22.7 Å². The fourth-order valence-corrected chi connectivity index (χ4v) is 1.96. The smallest absolute Gasteiger partial charge is 0.233 e. The van der Waals surface area contributed by atoms with Crippen molar-refractivity contribution in [3.05, 3.63) is 22.7 Å². The number of amides is 1. The molecule has 0 aromatic heterocycles. The van der Waals surface area contributed by atoms with Crippen LogP contribution in [-0.2, 0) is 4.79 Å². The van der Waals surface area contributed by atoms with Crippen molar-refractivity contribution in [1.82, 2.24) is 0 Å². The van der Waals surface area contributed by atoms with Crippen LogP contribution in [0.2, 0.25) is 0 Å². The zero-order valence-corrected chi connectivity index (χ0v) is 10.2. The summed E-state index contributed by atoms with van der Waals surface area (Å²) in [6.07, 6.45) is 0. The third kappa shape index (κ3) is 1.86. The number of hydrogen-bond donors (Lipinski definition) is 0. The number of halogens is 1. The first-order valence-corrected chi connectivity index (χ1v) is 5.59. The van der Waals surface area contributed by atoms with Crippen LogP contribution in [0.25, 0.3) is 0 Å². The first-order valence-electron chi connectivity index (χ1n) is 4.79. The molecule has 80 valence electrons. The van der Waals surface area contributed by atoms with Crippen LogP contribution in [0.1, 0.15) is 6.92 Å². The molecule has 0 fully saturated rings. The lowest BCUT2D eigenvalue weighted by Gasteiger charge is -2.17. The molecule has 1 unspecified atom stereocenters. The van der Waals surface area contributed by atoms with Crippen molar-refractivity contribution in [2.45, 2.75) is 6.92 Å². The van der Waals surface area contributed by atoms with Crippen molar-refractivity contribution >= 4 is 27.5 Å². The van der Waals surface area contributed by atoms with Crippen LogP contribution >= 0.6 is 15.9 Å². The van der Waals surface area contributed by atoms with Gasteiger partial charge >= 0.3 is 0 Å². The maximum Gasteiger partial charge on any atom is 0.233 e. The van der Waals surface area contributed by atoms with Gasteiger partial charge in [-0.2, -0.15) is 0 Å². The number of nitrogens with zero attached hydrogens (tertiary/aromatic N) is 1. The Balaban J connectivity index is 2.48. The number of ether oxygens (including phenoxy) is 1. The average molecular weight is 270 g/mol. The number of anilines is 1. The third-order valence-electron chi connectivity index (χ3n) is 2.52. The molecule has 4 heteroatoms. The highest BCUT2D eigenvalue weighted by molar-refractivity contribution is 9.10. The Hall–Kier alpha value is -1.03. The molecule has 1 aromatic carbocycles. The number of carbonyl (C=O) groups is 1. The van der Waals surface area contributed by atoms with Gasteiger partial charge in [-0.1, -0.05) is 22.9 Å². The molecular weight excluding hydrogens is 258 g/mol. The lowest BCUT2D eigenvalue weighted by Crippen LogP contribution is -2.31. The summed E-state index contributed by atoms with van der Waals surface area (Å²) in [5, 5.41) is 0. The van der Waals surface area contributed by atoms with Gasteiger partial charge in [0, 0.05) is 11.5 Å². The normalized spacial score (nSPS) is 20.6. The monoisotopic (exact) mass is 269 g/mol. The predicted molar refractivity (Wildman–Crippen MR) is 62.2 cm³/mol. The summed E-state index contributed by atoms with van der Waals surface area (Å²) in [6.45, 7) is 2.32. The van der Waals surface area contributed by atoms with Gasteiger partial charge in [0.15, 0.2) is 0 Å². The minimum Gasteiger partial charge on any atom is -0.491 e. The van der Waals surface area contributed by atoms with Crippen molar-refractivity contribution in [2.75, 3.05) is 18.6 Å². The van der Waals surface area contributed by atoms with E-state index < -0.39 is 0 Å². The van der Waals surface area contributed by atoms with Gasteiger partial charge in [0.25, 0.3) is 0 Å². The maximum atomic E-state index is 11.8. The first-order chi connectivity index (χ1) is 7.09. The summed E-state index contributed by atoms with van der Waals surface area (Å²) in [6, 6.07) is 5.68. The number of hydrogen-bond acceptors (Lipinski definition) is 2. The Kier molecular flexibility index (Phi) is 2.69. The van der Waals surface area contributed by atoms with Gasteiger partial charge in [0.05, 0.1) is 18.2 Å². The summed E-state index contributed by atoms with van der Waals surface area (Å²) in [7, 11) is 1.78. The molecule has 2 rings (SSSR count). The molecule has 0 bridgehead atoms. The van der Waals surface area contributed by atoms with E-state index in [0.717, 1.165) is 15.9 Å². The lowest BCUT2D eigenvalue weighted by atomic mass is 10.2. The minimum absolute atomic E-state index is 0.0897. The van der Waals surface area contributed by atoms with Gasteiger partial charge in [0.1, 0.15) is 5.75 Å². The van der Waals surface area contributed by atoms with Crippen LogP contribution in [0.5, 0.6) is 5.75 Å². The molecule has 1 aliphatic heterocycles. The maximum absolute atomic E-state index is 11.8.